The summed E-state index contributed by atoms with van der Waals surface area (Å²) < 4.78 is 13.0. The fourth-order valence-corrected chi connectivity index (χ4v) is 13.7. The third-order valence-electron chi connectivity index (χ3n) is 20.4. The molecule has 1 heteroatoms. The van der Waals surface area contributed by atoms with Gasteiger partial charge in [0.1, 0.15) is 5.67 Å². The minimum atomic E-state index is -0.841. The molecule has 0 unspecified atom stereocenters. The lowest BCUT2D eigenvalue weighted by Crippen LogP contribution is -2.32. The van der Waals surface area contributed by atoms with Crippen molar-refractivity contribution in [2.24, 2.45) is 56.7 Å². The van der Waals surface area contributed by atoms with E-state index in [-0.39, 0.29) is 0 Å². The van der Waals surface area contributed by atoms with Gasteiger partial charge in [0.2, 0.25) is 0 Å². The van der Waals surface area contributed by atoms with E-state index in [0.29, 0.717) is 21.7 Å². The monoisotopic (exact) mass is 1120 g/mol. The van der Waals surface area contributed by atoms with Crippen LogP contribution in [-0.2, 0) is 0 Å². The van der Waals surface area contributed by atoms with Gasteiger partial charge in [0.05, 0.1) is 0 Å². The van der Waals surface area contributed by atoms with Crippen molar-refractivity contribution in [1.29, 1.82) is 0 Å². The van der Waals surface area contributed by atoms with Crippen molar-refractivity contribution >= 4 is 0 Å². The number of halogens is 1. The Morgan fingerprint density at radius 2 is 0.790 bits per heavy atom. The van der Waals surface area contributed by atoms with Crippen LogP contribution in [0.3, 0.4) is 0 Å². The van der Waals surface area contributed by atoms with Crippen molar-refractivity contribution in [3.8, 4) is 0 Å². The van der Waals surface area contributed by atoms with Crippen molar-refractivity contribution in [3.05, 3.63) is 105 Å². The van der Waals surface area contributed by atoms with Gasteiger partial charge < -0.3 is 0 Å². The van der Waals surface area contributed by atoms with Crippen LogP contribution >= 0.6 is 0 Å². The van der Waals surface area contributed by atoms with Crippen molar-refractivity contribution in [2.45, 2.75) is 345 Å². The summed E-state index contributed by atoms with van der Waals surface area (Å²) in [5, 5.41) is 0. The molecule has 0 amide bonds. The number of aryl methyl sites for hydroxylation is 7. The summed E-state index contributed by atoms with van der Waals surface area (Å²) in [7, 11) is 0. The maximum atomic E-state index is 13.0. The molecule has 81 heavy (non-hydrogen) atoms. The van der Waals surface area contributed by atoms with E-state index in [0.717, 1.165) is 60.7 Å². The van der Waals surface area contributed by atoms with Crippen LogP contribution < -0.4 is 0 Å². The summed E-state index contributed by atoms with van der Waals surface area (Å²) in [5.41, 5.74) is 13.4. The highest BCUT2D eigenvalue weighted by Crippen LogP contribution is 2.49. The van der Waals surface area contributed by atoms with E-state index in [9.17, 15) is 4.39 Å². The van der Waals surface area contributed by atoms with Gasteiger partial charge in [-0.3, -0.25) is 0 Å². The van der Waals surface area contributed by atoms with Crippen LogP contribution in [-0.4, -0.2) is 5.67 Å². The molecule has 0 saturated heterocycles. The molecule has 3 aromatic carbocycles. The summed E-state index contributed by atoms with van der Waals surface area (Å²) >= 11 is 0. The van der Waals surface area contributed by atoms with Gasteiger partial charge in [0.15, 0.2) is 0 Å². The Bertz CT molecular complexity index is 1960. The lowest BCUT2D eigenvalue weighted by molar-refractivity contribution is 0.0754. The van der Waals surface area contributed by atoms with Crippen molar-refractivity contribution in [1.82, 2.24) is 0 Å². The number of benzene rings is 3. The molecule has 0 bridgehead atoms. The molecule has 0 aliphatic heterocycles. The molecule has 0 aromatic heterocycles. The van der Waals surface area contributed by atoms with Crippen molar-refractivity contribution in [3.63, 3.8) is 0 Å². The normalized spacial score (nSPS) is 23.1. The maximum Gasteiger partial charge on any atom is 0.108 e. The quantitative estimate of drug-likeness (QED) is 0.240. The fraction of sp³-hybridized carbons (Fsp3) is 0.775. The summed E-state index contributed by atoms with van der Waals surface area (Å²) in [5.74, 6) is 4.74. The Hall–Kier alpha value is -2.41. The average Bonchev–Trinajstić information content (AvgIpc) is 3.39. The first-order chi connectivity index (χ1) is 37.5. The molecule has 0 N–H and O–H groups in total. The summed E-state index contributed by atoms with van der Waals surface area (Å²) in [6.45, 7) is 54.1. The van der Waals surface area contributed by atoms with Crippen LogP contribution in [0.2, 0.25) is 0 Å². The minimum absolute atomic E-state index is 0.583. The third-order valence-corrected chi connectivity index (χ3v) is 20.4. The fourth-order valence-electron chi connectivity index (χ4n) is 13.7. The molecule has 0 radical (unpaired) electrons. The largest absolute Gasteiger partial charge is 0.244 e. The first kappa shape index (κ1) is 76.6. The standard InChI is InChI=1S/C12H22.C11H22.C10H14.C9H18.C9H12.C8H15F.C7H14.C7H8.C7H16/c1-11-5-9-12(10-6-11)7-3-2-4-8-12;1-9-6-10(2,3)8-11(4,5)7-9;1-7-5-8(2)10(4)9(3)6-7;1-8-4-6-9(2,3)7-5-8;1-7-4-5-8(2)9(3)6-7;1-7-3-5-8(2,9)6-4-7;2*1-7-5-3-2-4-6-7;1-5-7(3,4)6-2/h11H,2-10H2,1H3;9H,6-8H2,1-5H3;5-6H,1-4H3;8H,4-7H2,1-3H3;4-6H,1-3H3;7H,3-6H2,1-2H3;7H,2-6H2,1H3;2-6H,1H3;5-6H2,1-4H3. The Morgan fingerprint density at radius 3 is 1.11 bits per heavy atom. The Labute approximate surface area is 508 Å². The molecule has 468 valence electrons. The Kier molecular flexibility index (Phi) is 35.8. The van der Waals surface area contributed by atoms with Gasteiger partial charge >= 0.3 is 0 Å². The Balaban J connectivity index is 0.000000458. The number of hydrogen-bond donors (Lipinski definition) is 0. The lowest BCUT2D eigenvalue weighted by atomic mass is 9.62. The molecule has 0 atom stereocenters. The van der Waals surface area contributed by atoms with Gasteiger partial charge in [-0.25, -0.2) is 4.39 Å². The lowest BCUT2D eigenvalue weighted by Gasteiger charge is -2.44. The van der Waals surface area contributed by atoms with E-state index < -0.39 is 5.67 Å². The highest BCUT2D eigenvalue weighted by Gasteiger charge is 2.37. The van der Waals surface area contributed by atoms with Gasteiger partial charge in [-0.2, -0.15) is 0 Å². The average molecular weight is 1120 g/mol. The second-order valence-corrected chi connectivity index (χ2v) is 32.1. The maximum absolute atomic E-state index is 13.0. The highest BCUT2D eigenvalue weighted by molar-refractivity contribution is 5.36. The zero-order chi connectivity index (χ0) is 61.7. The van der Waals surface area contributed by atoms with Crippen molar-refractivity contribution in [2.75, 3.05) is 0 Å². The summed E-state index contributed by atoms with van der Waals surface area (Å²) in [4.78, 5) is 0. The minimum Gasteiger partial charge on any atom is -0.244 e. The molecule has 6 aliphatic rings. The van der Waals surface area contributed by atoms with Gasteiger partial charge in [-0.15, -0.1) is 0 Å². The molecular weight excluding hydrogens is 980 g/mol. The molecule has 3 aromatic rings. The van der Waals surface area contributed by atoms with E-state index in [2.05, 4.69) is 202 Å². The van der Waals surface area contributed by atoms with Gasteiger partial charge in [0, 0.05) is 0 Å². The molecular formula is C80H141F. The topological polar surface area (TPSA) is 0 Å². The molecule has 6 aliphatic carbocycles. The molecule has 6 saturated carbocycles. The van der Waals surface area contributed by atoms with E-state index in [1.54, 1.807) is 32.6 Å². The van der Waals surface area contributed by atoms with Crippen LogP contribution in [0.15, 0.2) is 60.7 Å². The zero-order valence-electron chi connectivity index (χ0n) is 59.1. The third kappa shape index (κ3) is 36.2. The molecule has 0 heterocycles. The Morgan fingerprint density at radius 1 is 0.395 bits per heavy atom. The van der Waals surface area contributed by atoms with Crippen LogP contribution in [0, 0.1) is 112 Å². The first-order valence-electron chi connectivity index (χ1n) is 34.3. The van der Waals surface area contributed by atoms with Crippen LogP contribution in [0.25, 0.3) is 0 Å². The molecule has 6 fully saturated rings. The molecule has 0 nitrogen and oxygen atoms in total. The number of alkyl halides is 1. The molecule has 1 spiro atoms. The predicted octanol–water partition coefficient (Wildman–Crippen LogP) is 27.1. The second kappa shape index (κ2) is 37.9. The van der Waals surface area contributed by atoms with E-state index in [1.165, 1.54) is 167 Å². The van der Waals surface area contributed by atoms with Crippen LogP contribution in [0.5, 0.6) is 0 Å². The van der Waals surface area contributed by atoms with Crippen LogP contribution in [0.4, 0.5) is 4.39 Å². The van der Waals surface area contributed by atoms with Crippen LogP contribution in [0.1, 0.15) is 329 Å². The van der Waals surface area contributed by atoms with E-state index >= 15 is 0 Å². The summed E-state index contributed by atoms with van der Waals surface area (Å²) in [6, 6.07) is 21.2. The molecule has 9 rings (SSSR count). The van der Waals surface area contributed by atoms with Gasteiger partial charge in [-0.05, 0) is 230 Å². The smallest absolute Gasteiger partial charge is 0.108 e. The van der Waals surface area contributed by atoms with E-state index in [4.69, 9.17) is 0 Å². The number of hydrogen-bond acceptors (Lipinski definition) is 0. The number of rotatable bonds is 2. The summed E-state index contributed by atoms with van der Waals surface area (Å²) in [6.07, 6.45) is 37.5. The van der Waals surface area contributed by atoms with Crippen molar-refractivity contribution < 1.29 is 4.39 Å². The zero-order valence-corrected chi connectivity index (χ0v) is 59.1. The van der Waals surface area contributed by atoms with Gasteiger partial charge in [-0.1, -0.05) is 271 Å². The van der Waals surface area contributed by atoms with E-state index in [1.807, 2.05) is 18.2 Å². The second-order valence-electron chi connectivity index (χ2n) is 32.1. The SMILES string of the molecule is CC1CC(C)(C)CC(C)(C)C1.CC1CCC(C)(C)CC1.CC1CCC(C)(F)CC1.CC1CCC2(CCCCC2)CC1.CC1CCCCC1.CCC(C)(C)CC.Cc1cc(C)c(C)c(C)c1.Cc1ccc(C)c(C)c1.Cc1ccccc1. The highest BCUT2D eigenvalue weighted by atomic mass is 19.1. The first-order valence-corrected chi connectivity index (χ1v) is 34.3. The predicted molar refractivity (Wildman–Crippen MR) is 366 cm³/mol. The van der Waals surface area contributed by atoms with Gasteiger partial charge in [0.25, 0.3) is 0 Å².